The predicted octanol–water partition coefficient (Wildman–Crippen LogP) is 2.86. The molecule has 2 amide bonds. The Morgan fingerprint density at radius 3 is 2.50 bits per heavy atom. The average Bonchev–Trinajstić information content (AvgIpc) is 3.48. The third-order valence-electron chi connectivity index (χ3n) is 4.83. The molecule has 0 aliphatic carbocycles. The molecule has 2 heterocycles. The van der Waals surface area contributed by atoms with E-state index in [0.29, 0.717) is 12.3 Å². The molecule has 0 aliphatic rings. The molecule has 1 atom stereocenters. The highest BCUT2D eigenvalue weighted by atomic mass is 16.5. The van der Waals surface area contributed by atoms with E-state index in [-0.39, 0.29) is 24.2 Å². The van der Waals surface area contributed by atoms with Gasteiger partial charge in [-0.1, -0.05) is 49.3 Å². The molecule has 1 aromatic carbocycles. The summed E-state index contributed by atoms with van der Waals surface area (Å²) >= 11 is 0. The van der Waals surface area contributed by atoms with Crippen LogP contribution >= 0.6 is 0 Å². The number of furan rings is 1. The lowest BCUT2D eigenvalue weighted by Gasteiger charge is -2.28. The molecule has 3 aromatic rings. The molecular formula is C22H26N4O4. The van der Waals surface area contributed by atoms with Gasteiger partial charge in [0.25, 0.3) is 5.91 Å². The number of hydrogen-bond donors (Lipinski definition) is 2. The first-order valence-electron chi connectivity index (χ1n) is 9.96. The van der Waals surface area contributed by atoms with Gasteiger partial charge in [-0.15, -0.1) is 0 Å². The molecule has 158 valence electrons. The van der Waals surface area contributed by atoms with Gasteiger partial charge in [-0.25, -0.2) is 0 Å². The molecule has 8 heteroatoms. The number of amides is 2. The van der Waals surface area contributed by atoms with Crippen molar-refractivity contribution in [3.63, 3.8) is 0 Å². The van der Waals surface area contributed by atoms with E-state index in [0.717, 1.165) is 24.4 Å². The molecule has 0 aliphatic heterocycles. The minimum absolute atomic E-state index is 0.0707. The van der Waals surface area contributed by atoms with Crippen molar-refractivity contribution in [2.75, 3.05) is 26.2 Å². The number of likely N-dealkylation sites (N-methyl/N-ethyl adjacent to an activating group) is 1. The van der Waals surface area contributed by atoms with Crippen LogP contribution < -0.4 is 10.6 Å². The normalized spacial score (nSPS) is 12.0. The Labute approximate surface area is 175 Å². The van der Waals surface area contributed by atoms with E-state index in [1.54, 1.807) is 12.3 Å². The summed E-state index contributed by atoms with van der Waals surface area (Å²) in [6.07, 6.45) is 1.62. The minimum Gasteiger partial charge on any atom is -0.468 e. The highest BCUT2D eigenvalue weighted by Crippen LogP contribution is 2.20. The molecule has 8 nitrogen and oxygen atoms in total. The van der Waals surface area contributed by atoms with Crippen molar-refractivity contribution >= 4 is 11.8 Å². The number of rotatable bonds is 10. The maximum atomic E-state index is 12.3. The van der Waals surface area contributed by atoms with E-state index in [2.05, 4.69) is 34.5 Å². The first-order chi connectivity index (χ1) is 14.6. The van der Waals surface area contributed by atoms with Crippen LogP contribution in [-0.4, -0.2) is 48.0 Å². The second kappa shape index (κ2) is 10.4. The summed E-state index contributed by atoms with van der Waals surface area (Å²) in [4.78, 5) is 26.7. The Morgan fingerprint density at radius 2 is 1.83 bits per heavy atom. The molecule has 0 saturated heterocycles. The zero-order chi connectivity index (χ0) is 21.3. The number of carbonyl (C=O) groups is 2. The molecule has 30 heavy (non-hydrogen) atoms. The van der Waals surface area contributed by atoms with Crippen molar-refractivity contribution in [2.45, 2.75) is 19.9 Å². The number of aromatic nitrogens is 1. The molecule has 0 spiro atoms. The van der Waals surface area contributed by atoms with Crippen molar-refractivity contribution in [3.8, 4) is 11.3 Å². The van der Waals surface area contributed by atoms with Crippen LogP contribution in [0.2, 0.25) is 0 Å². The van der Waals surface area contributed by atoms with Crippen molar-refractivity contribution in [1.82, 2.24) is 20.7 Å². The fourth-order valence-electron chi connectivity index (χ4n) is 3.20. The second-order valence-electron chi connectivity index (χ2n) is 6.68. The molecule has 0 radical (unpaired) electrons. The Kier molecular flexibility index (Phi) is 7.40. The molecule has 1 unspecified atom stereocenters. The Balaban J connectivity index is 1.51. The van der Waals surface area contributed by atoms with E-state index in [1.165, 1.54) is 0 Å². The summed E-state index contributed by atoms with van der Waals surface area (Å²) in [5.41, 5.74) is 0.945. The van der Waals surface area contributed by atoms with Crippen LogP contribution in [0.3, 0.4) is 0 Å². The largest absolute Gasteiger partial charge is 0.468 e. The molecule has 2 aromatic heterocycles. The standard InChI is InChI=1S/C22H26N4O4/c1-3-26(4-2)18(19-11-8-12-29-19)14-23-21(27)15-24-22(28)17-13-20(30-25-17)16-9-6-5-7-10-16/h5-13,18H,3-4,14-15H2,1-2H3,(H,23,27)(H,24,28). The molecule has 0 bridgehead atoms. The fourth-order valence-corrected chi connectivity index (χ4v) is 3.20. The lowest BCUT2D eigenvalue weighted by atomic mass is 10.1. The Morgan fingerprint density at radius 1 is 1.07 bits per heavy atom. The Hall–Kier alpha value is -3.39. The van der Waals surface area contributed by atoms with Crippen LogP contribution in [0, 0.1) is 0 Å². The van der Waals surface area contributed by atoms with Gasteiger partial charge in [0.05, 0.1) is 18.8 Å². The van der Waals surface area contributed by atoms with Crippen LogP contribution in [0.5, 0.6) is 0 Å². The molecule has 3 rings (SSSR count). The Bertz CT molecular complexity index is 933. The summed E-state index contributed by atoms with van der Waals surface area (Å²) in [5.74, 6) is 0.519. The predicted molar refractivity (Wildman–Crippen MR) is 112 cm³/mol. The van der Waals surface area contributed by atoms with Crippen molar-refractivity contribution in [2.24, 2.45) is 0 Å². The lowest BCUT2D eigenvalue weighted by molar-refractivity contribution is -0.120. The van der Waals surface area contributed by atoms with Gasteiger partial charge < -0.3 is 19.6 Å². The van der Waals surface area contributed by atoms with Gasteiger partial charge >= 0.3 is 0 Å². The van der Waals surface area contributed by atoms with Crippen LogP contribution in [0.25, 0.3) is 11.3 Å². The van der Waals surface area contributed by atoms with E-state index in [1.807, 2.05) is 42.5 Å². The van der Waals surface area contributed by atoms with Gasteiger partial charge in [0.15, 0.2) is 11.5 Å². The maximum Gasteiger partial charge on any atom is 0.273 e. The third-order valence-corrected chi connectivity index (χ3v) is 4.83. The van der Waals surface area contributed by atoms with Crippen LogP contribution in [0.1, 0.15) is 36.1 Å². The van der Waals surface area contributed by atoms with Gasteiger partial charge in [0, 0.05) is 18.2 Å². The third kappa shape index (κ3) is 5.36. The van der Waals surface area contributed by atoms with Gasteiger partial charge in [-0.05, 0) is 25.2 Å². The van der Waals surface area contributed by atoms with Gasteiger partial charge in [-0.2, -0.15) is 0 Å². The summed E-state index contributed by atoms with van der Waals surface area (Å²) in [5, 5.41) is 9.21. The molecule has 2 N–H and O–H groups in total. The molecule has 0 saturated carbocycles. The second-order valence-corrected chi connectivity index (χ2v) is 6.68. The van der Waals surface area contributed by atoms with E-state index in [4.69, 9.17) is 8.94 Å². The fraction of sp³-hybridized carbons (Fsp3) is 0.318. The monoisotopic (exact) mass is 410 g/mol. The lowest BCUT2D eigenvalue weighted by Crippen LogP contribution is -2.42. The summed E-state index contributed by atoms with van der Waals surface area (Å²) in [6.45, 7) is 5.99. The number of carbonyl (C=O) groups excluding carboxylic acids is 2. The first-order valence-corrected chi connectivity index (χ1v) is 9.96. The van der Waals surface area contributed by atoms with Crippen LogP contribution in [0.15, 0.2) is 63.7 Å². The van der Waals surface area contributed by atoms with Crippen LogP contribution in [-0.2, 0) is 4.79 Å². The smallest absolute Gasteiger partial charge is 0.273 e. The minimum atomic E-state index is -0.470. The van der Waals surface area contributed by atoms with Crippen molar-refractivity contribution < 1.29 is 18.5 Å². The SMILES string of the molecule is CCN(CC)C(CNC(=O)CNC(=O)c1cc(-c2ccccc2)on1)c1ccco1. The van der Waals surface area contributed by atoms with E-state index in [9.17, 15) is 9.59 Å². The average molecular weight is 410 g/mol. The van der Waals surface area contributed by atoms with Crippen molar-refractivity contribution in [3.05, 3.63) is 66.2 Å². The van der Waals surface area contributed by atoms with Gasteiger partial charge in [0.1, 0.15) is 5.76 Å². The van der Waals surface area contributed by atoms with Crippen LogP contribution in [0.4, 0.5) is 0 Å². The highest BCUT2D eigenvalue weighted by Gasteiger charge is 2.21. The number of hydrogen-bond acceptors (Lipinski definition) is 6. The zero-order valence-corrected chi connectivity index (χ0v) is 17.1. The molecular weight excluding hydrogens is 384 g/mol. The summed E-state index contributed by atoms with van der Waals surface area (Å²) in [6, 6.07) is 14.6. The maximum absolute atomic E-state index is 12.3. The quantitative estimate of drug-likeness (QED) is 0.533. The highest BCUT2D eigenvalue weighted by molar-refractivity contribution is 5.95. The first kappa shape index (κ1) is 21.3. The van der Waals surface area contributed by atoms with E-state index < -0.39 is 5.91 Å². The van der Waals surface area contributed by atoms with Crippen molar-refractivity contribution in [1.29, 1.82) is 0 Å². The van der Waals surface area contributed by atoms with Gasteiger partial charge in [-0.3, -0.25) is 14.5 Å². The number of nitrogens with zero attached hydrogens (tertiary/aromatic N) is 2. The van der Waals surface area contributed by atoms with E-state index >= 15 is 0 Å². The zero-order valence-electron chi connectivity index (χ0n) is 17.1. The summed E-state index contributed by atoms with van der Waals surface area (Å²) < 4.78 is 10.7. The summed E-state index contributed by atoms with van der Waals surface area (Å²) in [7, 11) is 0. The van der Waals surface area contributed by atoms with Gasteiger partial charge in [0.2, 0.25) is 5.91 Å². The number of benzene rings is 1. The number of nitrogens with one attached hydrogen (secondary N) is 2. The molecule has 0 fully saturated rings. The topological polar surface area (TPSA) is 101 Å².